The molecule has 11 heteroatoms. The van der Waals surface area contributed by atoms with Crippen molar-refractivity contribution in [3.63, 3.8) is 0 Å². The molecular weight excluding hydrogens is 537 g/mol. The van der Waals surface area contributed by atoms with E-state index in [4.69, 9.17) is 14.3 Å². The van der Waals surface area contributed by atoms with Gasteiger partial charge in [0, 0.05) is 30.8 Å². The lowest BCUT2D eigenvalue weighted by Gasteiger charge is -2.16. The molecule has 0 bridgehead atoms. The van der Waals surface area contributed by atoms with E-state index in [0.717, 1.165) is 11.6 Å². The highest BCUT2D eigenvalue weighted by molar-refractivity contribution is 5.99. The largest absolute Gasteiger partial charge is 0.488 e. The smallest absolute Gasteiger partial charge is 0.420 e. The molecular formula is C30H31F3N4O4. The number of nitrogens with zero attached hydrogens (tertiary/aromatic N) is 1. The van der Waals surface area contributed by atoms with Crippen molar-refractivity contribution < 1.29 is 32.2 Å². The fourth-order valence-corrected chi connectivity index (χ4v) is 3.13. The number of nitrogens with one attached hydrogen (secondary N) is 3. The van der Waals surface area contributed by atoms with E-state index in [9.17, 15) is 18.0 Å². The average Bonchev–Trinajstić information content (AvgIpc) is 2.99. The first-order chi connectivity index (χ1) is 19.8. The zero-order valence-corrected chi connectivity index (χ0v) is 22.7. The molecule has 216 valence electrons. The number of carbonyl (C=O) groups excluding carboxylic acids is 2. The lowest BCUT2D eigenvalue weighted by molar-refractivity contribution is -0.139. The van der Waals surface area contributed by atoms with E-state index in [1.54, 1.807) is 86.2 Å². The van der Waals surface area contributed by atoms with Gasteiger partial charge in [-0.1, -0.05) is 44.2 Å². The number of carbonyl (C=O) groups is 2. The fourth-order valence-electron chi connectivity index (χ4n) is 3.13. The van der Waals surface area contributed by atoms with Crippen molar-refractivity contribution in [2.24, 2.45) is 0 Å². The van der Waals surface area contributed by atoms with Crippen molar-refractivity contribution >= 4 is 23.8 Å². The van der Waals surface area contributed by atoms with E-state index in [2.05, 4.69) is 20.9 Å². The highest BCUT2D eigenvalue weighted by Gasteiger charge is 2.35. The van der Waals surface area contributed by atoms with Crippen molar-refractivity contribution in [2.75, 3.05) is 17.7 Å². The normalized spacial score (nSPS) is 10.0. The molecule has 0 atom stereocenters. The van der Waals surface area contributed by atoms with Crippen LogP contribution >= 0.6 is 0 Å². The van der Waals surface area contributed by atoms with Crippen LogP contribution in [0.2, 0.25) is 0 Å². The predicted octanol–water partition coefficient (Wildman–Crippen LogP) is 7.50. The summed E-state index contributed by atoms with van der Waals surface area (Å²) in [4.78, 5) is 25.3. The number of halogens is 3. The van der Waals surface area contributed by atoms with Crippen molar-refractivity contribution in [1.29, 1.82) is 0 Å². The second-order valence-electron chi connectivity index (χ2n) is 7.78. The van der Waals surface area contributed by atoms with Crippen LogP contribution in [0.4, 0.5) is 29.3 Å². The minimum Gasteiger partial charge on any atom is -0.488 e. The molecule has 8 nitrogen and oxygen atoms in total. The summed E-state index contributed by atoms with van der Waals surface area (Å²) in [6.07, 6.45) is -0.839. The van der Waals surface area contributed by atoms with Crippen molar-refractivity contribution in [2.45, 2.75) is 26.6 Å². The first-order valence-electron chi connectivity index (χ1n) is 12.5. The lowest BCUT2D eigenvalue weighted by Crippen LogP contribution is -2.20. The summed E-state index contributed by atoms with van der Waals surface area (Å²) in [5, 5.41) is 7.24. The summed E-state index contributed by atoms with van der Waals surface area (Å²) in [5.74, 6) is 0.829. The topological polar surface area (TPSA) is 102 Å². The number of anilines is 2. The van der Waals surface area contributed by atoms with Gasteiger partial charge in [-0.15, -0.1) is 0 Å². The third kappa shape index (κ3) is 11.3. The average molecular weight is 569 g/mol. The van der Waals surface area contributed by atoms with E-state index >= 15 is 0 Å². The van der Waals surface area contributed by atoms with Crippen LogP contribution in [0.1, 0.15) is 25.0 Å². The standard InChI is InChI=1S/C26H20F3N3O3.C2H5NO.C2H6/c27-26(28,29)23-16-20(8-11-24(23)34-17-18-4-2-1-3-5-18)32-25(33)31-19-6-9-21(10-7-19)35-22-12-14-30-15-13-22;1-3-2-4;1-2/h1-16H,17H2,(H2,31,32,33);2H,1H3,(H,3,4);1-2H3. The van der Waals surface area contributed by atoms with Gasteiger partial charge in [0.1, 0.15) is 23.9 Å². The number of hydrogen-bond acceptors (Lipinski definition) is 5. The van der Waals surface area contributed by atoms with Gasteiger partial charge in [0.25, 0.3) is 0 Å². The summed E-state index contributed by atoms with van der Waals surface area (Å²) in [7, 11) is 1.56. The van der Waals surface area contributed by atoms with E-state index in [1.165, 1.54) is 12.1 Å². The van der Waals surface area contributed by atoms with Gasteiger partial charge in [-0.2, -0.15) is 13.2 Å². The number of aromatic nitrogens is 1. The molecule has 0 aliphatic heterocycles. The maximum Gasteiger partial charge on any atom is 0.420 e. The van der Waals surface area contributed by atoms with Crippen molar-refractivity contribution in [3.05, 3.63) is 108 Å². The lowest BCUT2D eigenvalue weighted by atomic mass is 10.1. The molecule has 1 heterocycles. The molecule has 0 saturated heterocycles. The summed E-state index contributed by atoms with van der Waals surface area (Å²) in [5.41, 5.74) is 0.159. The third-order valence-corrected chi connectivity index (χ3v) is 4.90. The van der Waals surface area contributed by atoms with Gasteiger partial charge in [-0.25, -0.2) is 4.79 Å². The number of alkyl halides is 3. The first-order valence-corrected chi connectivity index (χ1v) is 12.5. The van der Waals surface area contributed by atoms with Gasteiger partial charge in [-0.3, -0.25) is 9.78 Å². The molecule has 0 fully saturated rings. The zero-order chi connectivity index (χ0) is 30.1. The number of pyridine rings is 1. The summed E-state index contributed by atoms with van der Waals surface area (Å²) in [6.45, 7) is 3.98. The van der Waals surface area contributed by atoms with Gasteiger partial charge in [0.2, 0.25) is 6.41 Å². The van der Waals surface area contributed by atoms with Gasteiger partial charge in [0.05, 0.1) is 5.56 Å². The second kappa shape index (κ2) is 16.8. The van der Waals surface area contributed by atoms with Gasteiger partial charge < -0.3 is 25.4 Å². The Balaban J connectivity index is 0.000000902. The Morgan fingerprint density at radius 2 is 1.41 bits per heavy atom. The van der Waals surface area contributed by atoms with Crippen molar-refractivity contribution in [1.82, 2.24) is 10.3 Å². The molecule has 4 aromatic rings. The molecule has 0 radical (unpaired) electrons. The molecule has 3 amide bonds. The van der Waals surface area contributed by atoms with Crippen molar-refractivity contribution in [3.8, 4) is 17.2 Å². The highest BCUT2D eigenvalue weighted by Crippen LogP contribution is 2.38. The molecule has 4 rings (SSSR count). The number of ether oxygens (including phenoxy) is 2. The molecule has 3 aromatic carbocycles. The van der Waals surface area contributed by atoms with Crippen LogP contribution < -0.4 is 25.4 Å². The Kier molecular flexibility index (Phi) is 13.2. The second-order valence-corrected chi connectivity index (χ2v) is 7.78. The van der Waals surface area contributed by atoms with Crippen LogP contribution in [-0.4, -0.2) is 24.5 Å². The quantitative estimate of drug-likeness (QED) is 0.191. The molecule has 1 aromatic heterocycles. The summed E-state index contributed by atoms with van der Waals surface area (Å²) in [6, 6.07) is 21.5. The maximum absolute atomic E-state index is 13.6. The van der Waals surface area contributed by atoms with Gasteiger partial charge in [0.15, 0.2) is 0 Å². The van der Waals surface area contributed by atoms with Crippen LogP contribution in [-0.2, 0) is 17.6 Å². The molecule has 41 heavy (non-hydrogen) atoms. The summed E-state index contributed by atoms with van der Waals surface area (Å²) >= 11 is 0. The molecule has 0 aliphatic rings. The Morgan fingerprint density at radius 3 is 2.00 bits per heavy atom. The Bertz CT molecular complexity index is 1340. The number of benzene rings is 3. The monoisotopic (exact) mass is 568 g/mol. The van der Waals surface area contributed by atoms with Crippen LogP contribution in [0.25, 0.3) is 0 Å². The number of hydrogen-bond donors (Lipinski definition) is 3. The molecule has 0 spiro atoms. The Labute approximate surface area is 236 Å². The molecule has 0 aliphatic carbocycles. The van der Waals surface area contributed by atoms with E-state index in [1.807, 2.05) is 13.8 Å². The number of rotatable bonds is 8. The predicted molar refractivity (Wildman–Crippen MR) is 152 cm³/mol. The van der Waals surface area contributed by atoms with Crippen LogP contribution in [0, 0.1) is 0 Å². The van der Waals surface area contributed by atoms with Crippen LogP contribution in [0.3, 0.4) is 0 Å². The molecule has 0 saturated carbocycles. The SMILES string of the molecule is CC.CNC=O.O=C(Nc1ccc(Oc2ccncc2)cc1)Nc1ccc(OCc2ccccc2)c(C(F)(F)F)c1. The number of urea groups is 1. The van der Waals surface area contributed by atoms with E-state index in [0.29, 0.717) is 23.6 Å². The fraction of sp³-hybridized carbons (Fsp3) is 0.167. The van der Waals surface area contributed by atoms with Gasteiger partial charge >= 0.3 is 12.2 Å². The molecule has 3 N–H and O–H groups in total. The zero-order valence-electron chi connectivity index (χ0n) is 22.7. The Morgan fingerprint density at radius 1 is 0.854 bits per heavy atom. The number of amides is 3. The first kappa shape index (κ1) is 32.2. The van der Waals surface area contributed by atoms with Gasteiger partial charge in [-0.05, 0) is 60.2 Å². The maximum atomic E-state index is 13.6. The minimum absolute atomic E-state index is 0.0158. The minimum atomic E-state index is -4.66. The summed E-state index contributed by atoms with van der Waals surface area (Å²) < 4.78 is 51.9. The highest BCUT2D eigenvalue weighted by atomic mass is 19.4. The van der Waals surface area contributed by atoms with E-state index < -0.39 is 17.8 Å². The molecule has 0 unspecified atom stereocenters. The van der Waals surface area contributed by atoms with Crippen LogP contribution in [0.15, 0.2) is 97.3 Å². The van der Waals surface area contributed by atoms with Crippen LogP contribution in [0.5, 0.6) is 17.2 Å². The van der Waals surface area contributed by atoms with E-state index in [-0.39, 0.29) is 18.0 Å². The Hall–Kier alpha value is -5.06. The third-order valence-electron chi connectivity index (χ3n) is 4.90.